The Bertz CT molecular complexity index is 1070. The van der Waals surface area contributed by atoms with Crippen molar-refractivity contribution in [3.8, 4) is 0 Å². The third kappa shape index (κ3) is 3.84. The van der Waals surface area contributed by atoms with E-state index in [0.717, 1.165) is 16.8 Å². The van der Waals surface area contributed by atoms with Gasteiger partial charge in [0.05, 0.1) is 12.8 Å². The van der Waals surface area contributed by atoms with Crippen LogP contribution in [-0.4, -0.2) is 47.7 Å². The number of hydrogen-bond donors (Lipinski definition) is 0. The van der Waals surface area contributed by atoms with E-state index in [1.54, 1.807) is 18.9 Å². The van der Waals surface area contributed by atoms with Gasteiger partial charge in [-0.25, -0.2) is 9.59 Å². The van der Waals surface area contributed by atoms with E-state index in [-0.39, 0.29) is 24.8 Å². The Labute approximate surface area is 186 Å². The first kappa shape index (κ1) is 21.5. The lowest BCUT2D eigenvalue weighted by Crippen LogP contribution is -2.51. The van der Waals surface area contributed by atoms with Gasteiger partial charge < -0.3 is 14.4 Å². The van der Waals surface area contributed by atoms with Gasteiger partial charge in [0.15, 0.2) is 5.71 Å². The van der Waals surface area contributed by atoms with Crippen LogP contribution in [0, 0.1) is 5.92 Å². The predicted molar refractivity (Wildman–Crippen MR) is 118 cm³/mol. The van der Waals surface area contributed by atoms with Crippen molar-refractivity contribution in [1.82, 2.24) is 4.90 Å². The topological polar surface area (TPSA) is 88.5 Å². The van der Waals surface area contributed by atoms with Crippen molar-refractivity contribution in [2.75, 3.05) is 12.1 Å². The second kappa shape index (κ2) is 8.82. The van der Waals surface area contributed by atoms with Gasteiger partial charge in [0.2, 0.25) is 5.91 Å². The number of anilines is 1. The molecular formula is C24H25N3O5. The highest BCUT2D eigenvalue weighted by Gasteiger charge is 2.48. The molecule has 2 aromatic rings. The van der Waals surface area contributed by atoms with Gasteiger partial charge in [0.1, 0.15) is 18.7 Å². The summed E-state index contributed by atoms with van der Waals surface area (Å²) in [6.07, 6.45) is 0. The summed E-state index contributed by atoms with van der Waals surface area (Å²) in [5, 5.41) is 6.02. The number of hydrogen-bond acceptors (Lipinski definition) is 7. The molecule has 0 unspecified atom stereocenters. The van der Waals surface area contributed by atoms with Crippen LogP contribution in [0.5, 0.6) is 0 Å². The van der Waals surface area contributed by atoms with Gasteiger partial charge in [-0.2, -0.15) is 5.10 Å². The first-order valence-corrected chi connectivity index (χ1v) is 10.5. The van der Waals surface area contributed by atoms with Gasteiger partial charge in [0.25, 0.3) is 0 Å². The van der Waals surface area contributed by atoms with Crippen molar-refractivity contribution in [3.63, 3.8) is 0 Å². The van der Waals surface area contributed by atoms with Crippen LogP contribution < -0.4 is 5.01 Å². The molecule has 2 heterocycles. The van der Waals surface area contributed by atoms with Crippen molar-refractivity contribution in [3.05, 3.63) is 65.7 Å². The van der Waals surface area contributed by atoms with E-state index in [9.17, 15) is 14.4 Å². The minimum absolute atomic E-state index is 0.129. The number of methoxy groups -OCH3 is 1. The number of nitrogens with zero attached hydrogens (tertiary/aromatic N) is 3. The summed E-state index contributed by atoms with van der Waals surface area (Å²) >= 11 is 0. The van der Waals surface area contributed by atoms with E-state index in [1.165, 1.54) is 12.0 Å². The zero-order chi connectivity index (χ0) is 22.8. The third-order valence-electron chi connectivity index (χ3n) is 5.93. The molecule has 8 nitrogen and oxygen atoms in total. The van der Waals surface area contributed by atoms with Crippen molar-refractivity contribution in [2.45, 2.75) is 39.1 Å². The number of esters is 2. The molecule has 0 saturated heterocycles. The molecule has 0 aliphatic carbocycles. The number of para-hydroxylation sites is 1. The number of carbonyl (C=O) groups excluding carboxylic acids is 3. The van der Waals surface area contributed by atoms with Crippen LogP contribution in [0.3, 0.4) is 0 Å². The molecule has 2 aromatic carbocycles. The number of hydrazone groups is 1. The second-order valence-corrected chi connectivity index (χ2v) is 7.92. The fourth-order valence-electron chi connectivity index (χ4n) is 4.09. The van der Waals surface area contributed by atoms with Crippen LogP contribution in [0.1, 0.15) is 25.0 Å². The molecule has 0 fully saturated rings. The van der Waals surface area contributed by atoms with Crippen molar-refractivity contribution in [1.29, 1.82) is 0 Å². The van der Waals surface area contributed by atoms with Crippen LogP contribution in [0.4, 0.5) is 5.69 Å². The molecule has 0 aromatic heterocycles. The Balaban J connectivity index is 1.62. The van der Waals surface area contributed by atoms with Crippen LogP contribution in [0.15, 0.2) is 59.7 Å². The van der Waals surface area contributed by atoms with Crippen LogP contribution in [0.25, 0.3) is 0 Å². The summed E-state index contributed by atoms with van der Waals surface area (Å²) < 4.78 is 10.3. The van der Waals surface area contributed by atoms with E-state index in [4.69, 9.17) is 9.47 Å². The summed E-state index contributed by atoms with van der Waals surface area (Å²) in [7, 11) is 1.29. The summed E-state index contributed by atoms with van der Waals surface area (Å²) in [4.78, 5) is 40.2. The molecule has 1 amide bonds. The summed E-state index contributed by atoms with van der Waals surface area (Å²) in [6, 6.07) is 15.3. The first-order valence-electron chi connectivity index (χ1n) is 10.5. The minimum Gasteiger partial charge on any atom is -0.464 e. The first-order chi connectivity index (χ1) is 15.4. The molecule has 8 heteroatoms. The monoisotopic (exact) mass is 435 g/mol. The highest BCUT2D eigenvalue weighted by molar-refractivity contribution is 6.39. The van der Waals surface area contributed by atoms with Crippen molar-refractivity contribution in [2.24, 2.45) is 11.0 Å². The molecule has 3 atom stereocenters. The summed E-state index contributed by atoms with van der Waals surface area (Å²) in [6.45, 7) is 3.79. The largest absolute Gasteiger partial charge is 0.464 e. The number of ether oxygens (including phenoxy) is 2. The number of benzene rings is 2. The lowest BCUT2D eigenvalue weighted by atomic mass is 9.96. The van der Waals surface area contributed by atoms with Crippen LogP contribution in [-0.2, 0) is 37.0 Å². The van der Waals surface area contributed by atoms with Crippen LogP contribution >= 0.6 is 0 Å². The van der Waals surface area contributed by atoms with Gasteiger partial charge in [-0.15, -0.1) is 0 Å². The molecule has 4 rings (SSSR count). The Hall–Kier alpha value is -3.68. The molecule has 0 radical (unpaired) electrons. The zero-order valence-electron chi connectivity index (χ0n) is 18.2. The van der Waals surface area contributed by atoms with E-state index < -0.39 is 29.9 Å². The van der Waals surface area contributed by atoms with E-state index in [2.05, 4.69) is 5.10 Å². The van der Waals surface area contributed by atoms with Crippen LogP contribution in [0.2, 0.25) is 0 Å². The van der Waals surface area contributed by atoms with E-state index in [0.29, 0.717) is 0 Å². The van der Waals surface area contributed by atoms with Crippen molar-refractivity contribution >= 4 is 29.2 Å². The number of rotatable bonds is 5. The maximum Gasteiger partial charge on any atom is 0.354 e. The maximum atomic E-state index is 13.6. The molecule has 2 aliphatic heterocycles. The Morgan fingerprint density at radius 3 is 2.53 bits per heavy atom. The third-order valence-corrected chi connectivity index (χ3v) is 5.93. The Morgan fingerprint density at radius 1 is 1.12 bits per heavy atom. The van der Waals surface area contributed by atoms with E-state index >= 15 is 0 Å². The number of fused-ring (bicyclic) bond motifs is 3. The second-order valence-electron chi connectivity index (χ2n) is 7.92. The average Bonchev–Trinajstić information content (AvgIpc) is 3.11. The fraction of sp³-hybridized carbons (Fsp3) is 0.333. The molecule has 0 saturated carbocycles. The summed E-state index contributed by atoms with van der Waals surface area (Å²) in [5.74, 6) is -1.86. The average molecular weight is 435 g/mol. The molecule has 2 aliphatic rings. The SMILES string of the molecule is COC(=O)C1=NN2c3ccccc3CN([C@@H](C)C(=O)OCc3ccccc3)C(=O)[C@H]2[C@@H]1C. The molecule has 0 bridgehead atoms. The minimum atomic E-state index is -0.811. The lowest BCUT2D eigenvalue weighted by Gasteiger charge is -2.30. The Morgan fingerprint density at radius 2 is 1.81 bits per heavy atom. The zero-order valence-corrected chi connectivity index (χ0v) is 18.2. The van der Waals surface area contributed by atoms with Gasteiger partial charge in [0, 0.05) is 12.5 Å². The van der Waals surface area contributed by atoms with Gasteiger partial charge in [-0.05, 0) is 24.1 Å². The fourth-order valence-corrected chi connectivity index (χ4v) is 4.09. The van der Waals surface area contributed by atoms with Gasteiger partial charge >= 0.3 is 11.9 Å². The quantitative estimate of drug-likeness (QED) is 0.671. The standard InChI is InChI=1S/C24H25N3O5/c1-15-20(24(30)31-3)25-27-19-12-8-7-11-18(19)13-26(22(28)21(15)27)16(2)23(29)32-14-17-9-5-4-6-10-17/h4-12,15-16,21H,13-14H2,1-3H3/t15-,16+,21-/m1/s1. The Kier molecular flexibility index (Phi) is 5.94. The molecule has 166 valence electrons. The summed E-state index contributed by atoms with van der Waals surface area (Å²) in [5.41, 5.74) is 2.60. The number of carbonyl (C=O) groups is 3. The molecule has 0 N–H and O–H groups in total. The predicted octanol–water partition coefficient (Wildman–Crippen LogP) is 2.51. The number of amides is 1. The molecule has 32 heavy (non-hydrogen) atoms. The highest BCUT2D eigenvalue weighted by atomic mass is 16.5. The normalized spacial score (nSPS) is 20.6. The van der Waals surface area contributed by atoms with Gasteiger partial charge in [-0.1, -0.05) is 55.5 Å². The lowest BCUT2D eigenvalue weighted by molar-refractivity contribution is -0.156. The highest BCUT2D eigenvalue weighted by Crippen LogP contribution is 2.36. The molecule has 0 spiro atoms. The van der Waals surface area contributed by atoms with Gasteiger partial charge in [-0.3, -0.25) is 9.80 Å². The smallest absolute Gasteiger partial charge is 0.354 e. The molecular weight excluding hydrogens is 410 g/mol. The maximum absolute atomic E-state index is 13.6. The van der Waals surface area contributed by atoms with Crippen molar-refractivity contribution < 1.29 is 23.9 Å². The van der Waals surface area contributed by atoms with E-state index in [1.807, 2.05) is 54.6 Å².